The van der Waals surface area contributed by atoms with Crippen LogP contribution < -0.4 is 89.7 Å². The molecule has 0 fully saturated rings. The number of nitrogens with two attached hydrogens (primary N) is 1. The van der Waals surface area contributed by atoms with Crippen molar-refractivity contribution < 1.29 is 99.3 Å². The maximum Gasteiger partial charge on any atom is 1.00 e. The van der Waals surface area contributed by atoms with Crippen molar-refractivity contribution in [1.82, 2.24) is 0 Å². The second-order valence-corrected chi connectivity index (χ2v) is 0.598. The first-order valence-corrected chi connectivity index (χ1v) is 1.19. The number of hydrogen-bond acceptors (Lipinski definition) is 2. The number of carboxylic acids is 1. The minimum atomic E-state index is -0.968. The van der Waals surface area contributed by atoms with Crippen molar-refractivity contribution in [2.24, 2.45) is 5.73 Å². The van der Waals surface area contributed by atoms with E-state index < -0.39 is 5.97 Å². The summed E-state index contributed by atoms with van der Waals surface area (Å²) >= 11 is 0. The molecule has 0 aliphatic carbocycles. The zero-order chi connectivity index (χ0) is 4.28. The second-order valence-electron chi connectivity index (χ2n) is 0.598. The summed E-state index contributed by atoms with van der Waals surface area (Å²) in [4.78, 5) is 9.24. The Kier molecular flexibility index (Phi) is 124. The van der Waals surface area contributed by atoms with E-state index in [1.54, 1.807) is 0 Å². The van der Waals surface area contributed by atoms with Gasteiger partial charge in [0.05, 0.1) is 6.54 Å². The predicted octanol–water partition coefficient (Wildman–Crippen LogP) is -13.8. The SMILES string of the molecule is NCC(=O)O.O.[Cl-].[Cl-].[Na+].[Na+]. The zero-order valence-corrected chi connectivity index (χ0v) is 11.4. The van der Waals surface area contributed by atoms with Crippen molar-refractivity contribution in [1.29, 1.82) is 0 Å². The largest absolute Gasteiger partial charge is 1.00 e. The number of aliphatic carboxylic acids is 1. The van der Waals surface area contributed by atoms with Gasteiger partial charge in [-0.1, -0.05) is 0 Å². The normalized spacial score (nSPS) is 3.70. The Morgan fingerprint density at radius 3 is 1.40 bits per heavy atom. The van der Waals surface area contributed by atoms with Crippen molar-refractivity contribution in [2.45, 2.75) is 0 Å². The molecule has 0 rings (SSSR count). The van der Waals surface area contributed by atoms with Gasteiger partial charge in [0.15, 0.2) is 0 Å². The van der Waals surface area contributed by atoms with Crippen molar-refractivity contribution in [2.75, 3.05) is 6.54 Å². The summed E-state index contributed by atoms with van der Waals surface area (Å²) in [6.45, 7) is -0.278. The van der Waals surface area contributed by atoms with Gasteiger partial charge in [0.25, 0.3) is 0 Å². The Bertz CT molecular complexity index is 57.8. The molecule has 0 aliphatic rings. The summed E-state index contributed by atoms with van der Waals surface area (Å²) < 4.78 is 0. The molecule has 10 heavy (non-hydrogen) atoms. The Balaban J connectivity index is -0.00000000800. The number of halogens is 2. The Hall–Kier alpha value is 1.97. The van der Waals surface area contributed by atoms with Crippen LogP contribution in [-0.2, 0) is 4.79 Å². The summed E-state index contributed by atoms with van der Waals surface area (Å²) in [6, 6.07) is 0. The van der Waals surface area contributed by atoms with Crippen molar-refractivity contribution in [3.63, 3.8) is 0 Å². The fraction of sp³-hybridized carbons (Fsp3) is 0.500. The molecule has 0 aromatic carbocycles. The van der Waals surface area contributed by atoms with Crippen LogP contribution in [0.4, 0.5) is 0 Å². The average molecular weight is 210 g/mol. The molecule has 0 radical (unpaired) electrons. The molecule has 0 aromatic heterocycles. The molecule has 0 spiro atoms. The van der Waals surface area contributed by atoms with Gasteiger partial charge in [-0.2, -0.15) is 0 Å². The maximum absolute atomic E-state index is 9.24. The van der Waals surface area contributed by atoms with Gasteiger partial charge < -0.3 is 41.1 Å². The number of carbonyl (C=O) groups is 1. The third kappa shape index (κ3) is 50.9. The Morgan fingerprint density at radius 1 is 1.30 bits per heavy atom. The molecule has 0 unspecified atom stereocenters. The van der Waals surface area contributed by atoms with Gasteiger partial charge in [0, 0.05) is 0 Å². The number of rotatable bonds is 1. The first-order valence-electron chi connectivity index (χ1n) is 1.19. The molecule has 54 valence electrons. The van der Waals surface area contributed by atoms with Gasteiger partial charge in [0.2, 0.25) is 0 Å². The fourth-order valence-electron chi connectivity index (χ4n) is 0. The Morgan fingerprint density at radius 2 is 1.40 bits per heavy atom. The number of carboxylic acid groups (broad SMARTS) is 1. The van der Waals surface area contributed by atoms with Crippen molar-refractivity contribution in [3.05, 3.63) is 0 Å². The molecule has 0 aliphatic heterocycles. The van der Waals surface area contributed by atoms with E-state index >= 15 is 0 Å². The molecular formula is C2H7Cl2NNa2O3. The molecule has 0 atom stereocenters. The standard InChI is InChI=1S/C2H5NO2.2ClH.2Na.H2O/c3-1-2(4)5;;;;;/h1,3H2,(H,4,5);2*1H;;;1H2/q;;;2*+1;/p-2. The molecule has 5 N–H and O–H groups in total. The van der Waals surface area contributed by atoms with Gasteiger partial charge in [-0.3, -0.25) is 4.79 Å². The van der Waals surface area contributed by atoms with Crippen LogP contribution in [0.5, 0.6) is 0 Å². The van der Waals surface area contributed by atoms with E-state index in [0.29, 0.717) is 0 Å². The summed E-state index contributed by atoms with van der Waals surface area (Å²) in [5.74, 6) is -0.968. The molecule has 8 heteroatoms. The molecule has 0 saturated heterocycles. The van der Waals surface area contributed by atoms with E-state index in [2.05, 4.69) is 5.73 Å². The summed E-state index contributed by atoms with van der Waals surface area (Å²) in [5.41, 5.74) is 4.57. The van der Waals surface area contributed by atoms with Gasteiger partial charge in [-0.25, -0.2) is 0 Å². The van der Waals surface area contributed by atoms with E-state index in [1.165, 1.54) is 0 Å². The van der Waals surface area contributed by atoms with Gasteiger partial charge in [0.1, 0.15) is 0 Å². The molecule has 4 nitrogen and oxygen atoms in total. The van der Waals surface area contributed by atoms with Crippen LogP contribution in [0.15, 0.2) is 0 Å². The van der Waals surface area contributed by atoms with E-state index in [1.807, 2.05) is 0 Å². The molecule has 0 heterocycles. The van der Waals surface area contributed by atoms with E-state index in [-0.39, 0.29) is 95.9 Å². The third-order valence-electron chi connectivity index (χ3n) is 0.175. The summed E-state index contributed by atoms with van der Waals surface area (Å²) in [5, 5.41) is 7.60. The molecule has 0 amide bonds. The number of hydrogen-bond donors (Lipinski definition) is 2. The monoisotopic (exact) mass is 209 g/mol. The average Bonchev–Trinajstić information content (AvgIpc) is 1.38. The quantitative estimate of drug-likeness (QED) is 0.420. The van der Waals surface area contributed by atoms with Gasteiger partial charge >= 0.3 is 65.1 Å². The first-order chi connectivity index (χ1) is 2.27. The van der Waals surface area contributed by atoms with Crippen LogP contribution in [0.2, 0.25) is 0 Å². The van der Waals surface area contributed by atoms with Crippen LogP contribution in [0.3, 0.4) is 0 Å². The zero-order valence-electron chi connectivity index (χ0n) is 5.90. The maximum atomic E-state index is 9.24. The molecular weight excluding hydrogens is 203 g/mol. The smallest absolute Gasteiger partial charge is 1.00 e. The van der Waals surface area contributed by atoms with Crippen LogP contribution >= 0.6 is 0 Å². The predicted molar refractivity (Wildman–Crippen MR) is 20.3 cm³/mol. The second kappa shape index (κ2) is 30.6. The fourth-order valence-corrected chi connectivity index (χ4v) is 0. The van der Waals surface area contributed by atoms with E-state index in [4.69, 9.17) is 5.11 Å². The molecule has 0 aromatic rings. The van der Waals surface area contributed by atoms with Gasteiger partial charge in [-0.05, 0) is 0 Å². The van der Waals surface area contributed by atoms with Crippen LogP contribution in [-0.4, -0.2) is 23.1 Å². The van der Waals surface area contributed by atoms with Crippen molar-refractivity contribution >= 4 is 5.97 Å². The van der Waals surface area contributed by atoms with Crippen LogP contribution in [0.1, 0.15) is 0 Å². The molecule has 0 bridgehead atoms. The van der Waals surface area contributed by atoms with Crippen LogP contribution in [0, 0.1) is 0 Å². The van der Waals surface area contributed by atoms with Gasteiger partial charge in [-0.15, -0.1) is 0 Å². The minimum absolute atomic E-state index is 0. The summed E-state index contributed by atoms with van der Waals surface area (Å²) in [6.07, 6.45) is 0. The summed E-state index contributed by atoms with van der Waals surface area (Å²) in [7, 11) is 0. The topological polar surface area (TPSA) is 94.8 Å². The Labute approximate surface area is 116 Å². The van der Waals surface area contributed by atoms with Crippen LogP contribution in [0.25, 0.3) is 0 Å². The van der Waals surface area contributed by atoms with E-state index in [0.717, 1.165) is 0 Å². The molecule has 0 saturated carbocycles. The van der Waals surface area contributed by atoms with Crippen molar-refractivity contribution in [3.8, 4) is 0 Å². The minimum Gasteiger partial charge on any atom is -1.00 e. The first kappa shape index (κ1) is 40.4. The van der Waals surface area contributed by atoms with E-state index in [9.17, 15) is 4.79 Å². The third-order valence-corrected chi connectivity index (χ3v) is 0.175.